The summed E-state index contributed by atoms with van der Waals surface area (Å²) in [6, 6.07) is 15.2. The van der Waals surface area contributed by atoms with Crippen molar-refractivity contribution in [1.29, 1.82) is 0 Å². The molecular formula is C24H27NO5. The van der Waals surface area contributed by atoms with Crippen LogP contribution in [0.15, 0.2) is 48.5 Å². The quantitative estimate of drug-likeness (QED) is 0.653. The molecule has 0 bridgehead atoms. The third-order valence-electron chi connectivity index (χ3n) is 5.46. The molecule has 4 rings (SSSR count). The van der Waals surface area contributed by atoms with Gasteiger partial charge in [-0.15, -0.1) is 0 Å². The molecule has 158 valence electrons. The summed E-state index contributed by atoms with van der Waals surface area (Å²) in [5.41, 5.74) is 1.61. The predicted molar refractivity (Wildman–Crippen MR) is 111 cm³/mol. The van der Waals surface area contributed by atoms with E-state index in [1.54, 1.807) is 18.2 Å². The van der Waals surface area contributed by atoms with Gasteiger partial charge in [0.25, 0.3) is 5.91 Å². The number of hydrogen-bond donors (Lipinski definition) is 0. The second-order valence-electron chi connectivity index (χ2n) is 7.74. The Balaban J connectivity index is 1.52. The van der Waals surface area contributed by atoms with Crippen molar-refractivity contribution in [3.63, 3.8) is 0 Å². The molecular weight excluding hydrogens is 382 g/mol. The van der Waals surface area contributed by atoms with Gasteiger partial charge in [0.2, 0.25) is 0 Å². The highest BCUT2D eigenvalue weighted by Crippen LogP contribution is 2.40. The minimum atomic E-state index is -0.162. The van der Waals surface area contributed by atoms with E-state index in [2.05, 4.69) is 0 Å². The first kappa shape index (κ1) is 20.3. The van der Waals surface area contributed by atoms with E-state index in [1.165, 1.54) is 0 Å². The number of amides is 1. The molecule has 0 saturated heterocycles. The minimum absolute atomic E-state index is 0.0796. The molecule has 2 aromatic rings. The molecule has 1 aliphatic carbocycles. The Kier molecular flexibility index (Phi) is 6.21. The van der Waals surface area contributed by atoms with Crippen LogP contribution in [0.5, 0.6) is 11.5 Å². The van der Waals surface area contributed by atoms with E-state index in [1.807, 2.05) is 42.2 Å². The summed E-state index contributed by atoms with van der Waals surface area (Å²) in [7, 11) is 0. The number of ether oxygens (including phenoxy) is 3. The van der Waals surface area contributed by atoms with Gasteiger partial charge in [-0.2, -0.15) is 0 Å². The van der Waals surface area contributed by atoms with Crippen molar-refractivity contribution in [3.8, 4) is 11.5 Å². The minimum Gasteiger partial charge on any atom is -0.490 e. The fraction of sp³-hybridized carbons (Fsp3) is 0.417. The van der Waals surface area contributed by atoms with Crippen molar-refractivity contribution >= 4 is 11.9 Å². The van der Waals surface area contributed by atoms with Crippen LogP contribution in [0.1, 0.15) is 35.7 Å². The van der Waals surface area contributed by atoms with Gasteiger partial charge in [-0.05, 0) is 43.0 Å². The van der Waals surface area contributed by atoms with Crippen molar-refractivity contribution in [2.45, 2.75) is 26.3 Å². The SMILES string of the molecule is CCOC(=O)C1CC1CN(Cc1ccccc1)C(=O)c1ccc2c(c1)OCCCO2. The maximum Gasteiger partial charge on any atom is 0.309 e. The lowest BCUT2D eigenvalue weighted by Gasteiger charge is -2.23. The summed E-state index contributed by atoms with van der Waals surface area (Å²) < 4.78 is 16.6. The Morgan fingerprint density at radius 1 is 1.07 bits per heavy atom. The fourth-order valence-electron chi connectivity index (χ4n) is 3.77. The van der Waals surface area contributed by atoms with Crippen LogP contribution in [0.25, 0.3) is 0 Å². The van der Waals surface area contributed by atoms with E-state index in [4.69, 9.17) is 14.2 Å². The van der Waals surface area contributed by atoms with E-state index < -0.39 is 0 Å². The number of carbonyl (C=O) groups excluding carboxylic acids is 2. The molecule has 6 heteroatoms. The van der Waals surface area contributed by atoms with Crippen LogP contribution in [0.4, 0.5) is 0 Å². The van der Waals surface area contributed by atoms with E-state index >= 15 is 0 Å². The third kappa shape index (κ3) is 4.75. The van der Waals surface area contributed by atoms with Gasteiger partial charge in [0.15, 0.2) is 11.5 Å². The molecule has 2 aliphatic rings. The third-order valence-corrected chi connectivity index (χ3v) is 5.46. The van der Waals surface area contributed by atoms with Gasteiger partial charge in [-0.25, -0.2) is 0 Å². The molecule has 1 aliphatic heterocycles. The molecule has 30 heavy (non-hydrogen) atoms. The molecule has 1 heterocycles. The predicted octanol–water partition coefficient (Wildman–Crippen LogP) is 3.69. The molecule has 0 aromatic heterocycles. The molecule has 1 amide bonds. The van der Waals surface area contributed by atoms with Crippen molar-refractivity contribution in [3.05, 3.63) is 59.7 Å². The van der Waals surface area contributed by atoms with E-state index in [9.17, 15) is 9.59 Å². The summed E-state index contributed by atoms with van der Waals surface area (Å²) >= 11 is 0. The maximum absolute atomic E-state index is 13.4. The normalized spacial score (nSPS) is 19.5. The number of hydrogen-bond acceptors (Lipinski definition) is 5. The highest BCUT2D eigenvalue weighted by Gasteiger charge is 2.45. The second kappa shape index (κ2) is 9.20. The molecule has 2 atom stereocenters. The first-order valence-corrected chi connectivity index (χ1v) is 10.5. The number of fused-ring (bicyclic) bond motifs is 1. The fourth-order valence-corrected chi connectivity index (χ4v) is 3.77. The molecule has 0 N–H and O–H groups in total. The van der Waals surface area contributed by atoms with Crippen LogP contribution >= 0.6 is 0 Å². The maximum atomic E-state index is 13.4. The van der Waals surface area contributed by atoms with Gasteiger partial charge in [-0.1, -0.05) is 30.3 Å². The highest BCUT2D eigenvalue weighted by atomic mass is 16.5. The van der Waals surface area contributed by atoms with Crippen molar-refractivity contribution in [2.24, 2.45) is 11.8 Å². The molecule has 1 fully saturated rings. The number of esters is 1. The van der Waals surface area contributed by atoms with Crippen LogP contribution in [0.2, 0.25) is 0 Å². The van der Waals surface area contributed by atoms with E-state index in [0.717, 1.165) is 18.4 Å². The molecule has 1 saturated carbocycles. The smallest absolute Gasteiger partial charge is 0.309 e. The highest BCUT2D eigenvalue weighted by molar-refractivity contribution is 5.95. The Hall–Kier alpha value is -3.02. The Morgan fingerprint density at radius 3 is 2.60 bits per heavy atom. The zero-order valence-electron chi connectivity index (χ0n) is 17.2. The largest absolute Gasteiger partial charge is 0.490 e. The zero-order chi connectivity index (χ0) is 20.9. The summed E-state index contributed by atoms with van der Waals surface area (Å²) in [5.74, 6) is 1.06. The molecule has 2 aromatic carbocycles. The molecule has 0 spiro atoms. The van der Waals surface area contributed by atoms with Crippen LogP contribution < -0.4 is 9.47 Å². The first-order chi connectivity index (χ1) is 14.7. The number of carbonyl (C=O) groups is 2. The van der Waals surface area contributed by atoms with Gasteiger partial charge in [0.1, 0.15) is 0 Å². The van der Waals surface area contributed by atoms with Crippen LogP contribution in [0.3, 0.4) is 0 Å². The lowest BCUT2D eigenvalue weighted by Crippen LogP contribution is -2.33. The average molecular weight is 409 g/mol. The van der Waals surface area contributed by atoms with Crippen LogP contribution in [0, 0.1) is 11.8 Å². The zero-order valence-corrected chi connectivity index (χ0v) is 17.2. The van der Waals surface area contributed by atoms with E-state index in [0.29, 0.717) is 50.0 Å². The van der Waals surface area contributed by atoms with Crippen molar-refractivity contribution in [1.82, 2.24) is 4.90 Å². The second-order valence-corrected chi connectivity index (χ2v) is 7.74. The van der Waals surface area contributed by atoms with Gasteiger partial charge in [-0.3, -0.25) is 9.59 Å². The number of nitrogens with zero attached hydrogens (tertiary/aromatic N) is 1. The lowest BCUT2D eigenvalue weighted by atomic mass is 10.1. The molecule has 0 radical (unpaired) electrons. The summed E-state index contributed by atoms with van der Waals surface area (Å²) in [6.07, 6.45) is 1.58. The van der Waals surface area contributed by atoms with Crippen LogP contribution in [-0.4, -0.2) is 43.1 Å². The number of benzene rings is 2. The summed E-state index contributed by atoms with van der Waals surface area (Å²) in [6.45, 7) is 4.38. The van der Waals surface area contributed by atoms with Crippen molar-refractivity contribution in [2.75, 3.05) is 26.4 Å². The van der Waals surface area contributed by atoms with Crippen LogP contribution in [-0.2, 0) is 16.1 Å². The molecule has 2 unspecified atom stereocenters. The van der Waals surface area contributed by atoms with Gasteiger partial charge in [0, 0.05) is 25.1 Å². The number of rotatable bonds is 7. The van der Waals surface area contributed by atoms with Crippen molar-refractivity contribution < 1.29 is 23.8 Å². The monoisotopic (exact) mass is 409 g/mol. The Morgan fingerprint density at radius 2 is 1.83 bits per heavy atom. The Bertz CT molecular complexity index is 898. The lowest BCUT2D eigenvalue weighted by molar-refractivity contribution is -0.145. The van der Waals surface area contributed by atoms with Gasteiger partial charge >= 0.3 is 5.97 Å². The summed E-state index contributed by atoms with van der Waals surface area (Å²) in [4.78, 5) is 27.3. The Labute approximate surface area is 176 Å². The van der Waals surface area contributed by atoms with Gasteiger partial charge < -0.3 is 19.1 Å². The average Bonchev–Trinajstić information content (AvgIpc) is 3.56. The topological polar surface area (TPSA) is 65.1 Å². The first-order valence-electron chi connectivity index (χ1n) is 10.5. The standard InChI is InChI=1S/C24H27NO5/c1-2-28-24(27)20-13-19(20)16-25(15-17-7-4-3-5-8-17)23(26)18-9-10-21-22(14-18)30-12-6-11-29-21/h3-5,7-10,14,19-20H,2,6,11-13,15-16H2,1H3. The van der Waals surface area contributed by atoms with Gasteiger partial charge in [0.05, 0.1) is 25.7 Å². The van der Waals surface area contributed by atoms with E-state index in [-0.39, 0.29) is 23.7 Å². The molecule has 6 nitrogen and oxygen atoms in total. The summed E-state index contributed by atoms with van der Waals surface area (Å²) in [5, 5.41) is 0.